The summed E-state index contributed by atoms with van der Waals surface area (Å²) < 4.78 is 5.66. The van der Waals surface area contributed by atoms with Gasteiger partial charge in [0.25, 0.3) is 0 Å². The van der Waals surface area contributed by atoms with Crippen LogP contribution >= 0.6 is 0 Å². The van der Waals surface area contributed by atoms with Crippen molar-refractivity contribution in [3.8, 4) is 0 Å². The first-order chi connectivity index (χ1) is 11.0. The molecular formula is C17H24N4O2. The number of Topliss-reactive ketones (excluding diaryl/α,β-unsaturated/α-hetero) is 1. The average Bonchev–Trinajstić information content (AvgIpc) is 3.02. The summed E-state index contributed by atoms with van der Waals surface area (Å²) in [5, 5.41) is 7.31. The zero-order chi connectivity index (χ0) is 16.6. The molecule has 3 rings (SSSR count). The van der Waals surface area contributed by atoms with Crippen molar-refractivity contribution in [2.45, 2.75) is 33.7 Å². The largest absolute Gasteiger partial charge is 0.378 e. The van der Waals surface area contributed by atoms with E-state index in [-0.39, 0.29) is 11.8 Å². The van der Waals surface area contributed by atoms with Crippen LogP contribution in [0.25, 0.3) is 0 Å². The predicted molar refractivity (Wildman–Crippen MR) is 87.8 cm³/mol. The molecule has 1 aliphatic heterocycles. The summed E-state index contributed by atoms with van der Waals surface area (Å²) in [5.41, 5.74) is 5.92. The van der Waals surface area contributed by atoms with Gasteiger partial charge in [0.1, 0.15) is 0 Å². The topological polar surface area (TPSA) is 74.0 Å². The number of carbonyl (C=O) groups excluding carboxylic acids is 1. The Balaban J connectivity index is 1.82. The van der Waals surface area contributed by atoms with Crippen LogP contribution in [0.2, 0.25) is 0 Å². The van der Waals surface area contributed by atoms with Gasteiger partial charge in [0.2, 0.25) is 0 Å². The SMILES string of the molecule is Cc1cc(C(=O)CN2CCOCC2c2c(C)n[nH]c2C)c(C)[nH]1. The van der Waals surface area contributed by atoms with Gasteiger partial charge in [-0.2, -0.15) is 5.10 Å². The Labute approximate surface area is 136 Å². The zero-order valence-electron chi connectivity index (χ0n) is 14.2. The standard InChI is InChI=1S/C17H24N4O2/c1-10-7-14(11(2)18-10)16(22)8-21-5-6-23-9-15(21)17-12(3)19-20-13(17)4/h7,15,18H,5-6,8-9H2,1-4H3,(H,19,20). The lowest BCUT2D eigenvalue weighted by Gasteiger charge is -2.35. The number of H-pyrrole nitrogens is 2. The van der Waals surface area contributed by atoms with Gasteiger partial charge in [-0.1, -0.05) is 0 Å². The predicted octanol–water partition coefficient (Wildman–Crippen LogP) is 2.23. The molecule has 0 spiro atoms. The number of carbonyl (C=O) groups is 1. The molecule has 0 bridgehead atoms. The molecule has 1 aliphatic rings. The Morgan fingerprint density at radius 1 is 1.35 bits per heavy atom. The number of rotatable bonds is 4. The van der Waals surface area contributed by atoms with Crippen molar-refractivity contribution in [2.24, 2.45) is 0 Å². The molecule has 6 nitrogen and oxygen atoms in total. The van der Waals surface area contributed by atoms with Gasteiger partial charge in [-0.25, -0.2) is 0 Å². The summed E-state index contributed by atoms with van der Waals surface area (Å²) in [6.07, 6.45) is 0. The van der Waals surface area contributed by atoms with Crippen LogP contribution in [0.4, 0.5) is 0 Å². The lowest BCUT2D eigenvalue weighted by molar-refractivity contribution is -0.00616. The number of morpholine rings is 1. The van der Waals surface area contributed by atoms with Crippen molar-refractivity contribution < 1.29 is 9.53 Å². The molecule has 2 aromatic heterocycles. The molecule has 0 amide bonds. The highest BCUT2D eigenvalue weighted by Crippen LogP contribution is 2.28. The van der Waals surface area contributed by atoms with E-state index in [1.165, 1.54) is 0 Å². The second kappa shape index (κ2) is 6.29. The number of hydrogen-bond donors (Lipinski definition) is 2. The van der Waals surface area contributed by atoms with Crippen LogP contribution in [0.1, 0.15) is 44.7 Å². The van der Waals surface area contributed by atoms with Crippen LogP contribution in [0.3, 0.4) is 0 Å². The maximum Gasteiger partial charge on any atom is 0.178 e. The highest BCUT2D eigenvalue weighted by atomic mass is 16.5. The Hall–Kier alpha value is -1.92. The van der Waals surface area contributed by atoms with Crippen LogP contribution < -0.4 is 0 Å². The fourth-order valence-corrected chi connectivity index (χ4v) is 3.43. The Morgan fingerprint density at radius 2 is 2.13 bits per heavy atom. The summed E-state index contributed by atoms with van der Waals surface area (Å²) in [6, 6.07) is 2.01. The molecule has 1 atom stereocenters. The summed E-state index contributed by atoms with van der Waals surface area (Å²) in [7, 11) is 0. The molecule has 1 fully saturated rings. The molecule has 0 aromatic carbocycles. The molecule has 1 saturated heterocycles. The normalized spacial score (nSPS) is 19.2. The van der Waals surface area contributed by atoms with Crippen molar-refractivity contribution in [2.75, 3.05) is 26.3 Å². The molecular weight excluding hydrogens is 292 g/mol. The number of hydrogen-bond acceptors (Lipinski definition) is 4. The second-order valence-corrected chi connectivity index (χ2v) is 6.32. The monoisotopic (exact) mass is 316 g/mol. The third-order valence-electron chi connectivity index (χ3n) is 4.55. The van der Waals surface area contributed by atoms with E-state index < -0.39 is 0 Å². The van der Waals surface area contributed by atoms with Gasteiger partial charge < -0.3 is 9.72 Å². The van der Waals surface area contributed by atoms with E-state index in [1.54, 1.807) is 0 Å². The van der Waals surface area contributed by atoms with E-state index >= 15 is 0 Å². The lowest BCUT2D eigenvalue weighted by Crippen LogP contribution is -2.42. The van der Waals surface area contributed by atoms with E-state index in [1.807, 2.05) is 33.8 Å². The molecule has 1 unspecified atom stereocenters. The fraction of sp³-hybridized carbons (Fsp3) is 0.529. The van der Waals surface area contributed by atoms with Crippen LogP contribution in [0, 0.1) is 27.7 Å². The Bertz CT molecular complexity index is 697. The van der Waals surface area contributed by atoms with Gasteiger partial charge in [0, 0.05) is 34.8 Å². The third kappa shape index (κ3) is 3.09. The van der Waals surface area contributed by atoms with E-state index in [9.17, 15) is 4.79 Å². The minimum atomic E-state index is 0.0757. The number of aromatic amines is 2. The van der Waals surface area contributed by atoms with Crippen molar-refractivity contribution >= 4 is 5.78 Å². The van der Waals surface area contributed by atoms with Crippen molar-refractivity contribution in [1.82, 2.24) is 20.1 Å². The molecule has 23 heavy (non-hydrogen) atoms. The Kier molecular flexibility index (Phi) is 4.37. The van der Waals surface area contributed by atoms with Gasteiger partial charge in [-0.05, 0) is 33.8 Å². The van der Waals surface area contributed by atoms with Crippen LogP contribution in [0.15, 0.2) is 6.07 Å². The first-order valence-corrected chi connectivity index (χ1v) is 8.00. The molecule has 3 heterocycles. The number of ketones is 1. The second-order valence-electron chi connectivity index (χ2n) is 6.32. The lowest BCUT2D eigenvalue weighted by atomic mass is 10.0. The van der Waals surface area contributed by atoms with Gasteiger partial charge >= 0.3 is 0 Å². The Morgan fingerprint density at radius 3 is 2.74 bits per heavy atom. The maximum absolute atomic E-state index is 12.7. The zero-order valence-corrected chi connectivity index (χ0v) is 14.2. The molecule has 6 heteroatoms. The van der Waals surface area contributed by atoms with Gasteiger partial charge in [-0.3, -0.25) is 14.8 Å². The summed E-state index contributed by atoms with van der Waals surface area (Å²) in [6.45, 7) is 10.3. The number of ether oxygens (including phenoxy) is 1. The third-order valence-corrected chi connectivity index (χ3v) is 4.55. The number of aryl methyl sites for hydroxylation is 4. The molecule has 2 aromatic rings. The quantitative estimate of drug-likeness (QED) is 0.848. The summed E-state index contributed by atoms with van der Waals surface area (Å²) >= 11 is 0. The smallest absolute Gasteiger partial charge is 0.178 e. The summed E-state index contributed by atoms with van der Waals surface area (Å²) in [5.74, 6) is 0.151. The van der Waals surface area contributed by atoms with Gasteiger partial charge in [0.15, 0.2) is 5.78 Å². The van der Waals surface area contributed by atoms with E-state index in [0.717, 1.165) is 40.4 Å². The molecule has 124 valence electrons. The minimum absolute atomic E-state index is 0.0757. The first kappa shape index (κ1) is 16.0. The van der Waals surface area contributed by atoms with Crippen LogP contribution in [-0.4, -0.2) is 52.2 Å². The molecule has 0 radical (unpaired) electrons. The molecule has 0 saturated carbocycles. The van der Waals surface area contributed by atoms with Crippen molar-refractivity contribution in [1.29, 1.82) is 0 Å². The maximum atomic E-state index is 12.7. The van der Waals surface area contributed by atoms with Crippen LogP contribution in [-0.2, 0) is 4.74 Å². The van der Waals surface area contributed by atoms with Crippen molar-refractivity contribution in [3.63, 3.8) is 0 Å². The highest BCUT2D eigenvalue weighted by molar-refractivity contribution is 5.98. The van der Waals surface area contributed by atoms with E-state index in [4.69, 9.17) is 4.74 Å². The summed E-state index contributed by atoms with van der Waals surface area (Å²) in [4.78, 5) is 18.1. The highest BCUT2D eigenvalue weighted by Gasteiger charge is 2.30. The van der Waals surface area contributed by atoms with Gasteiger partial charge in [0.05, 0.1) is 31.5 Å². The number of aromatic nitrogens is 3. The molecule has 2 N–H and O–H groups in total. The van der Waals surface area contributed by atoms with E-state index in [2.05, 4.69) is 20.1 Å². The minimum Gasteiger partial charge on any atom is -0.378 e. The van der Waals surface area contributed by atoms with E-state index in [0.29, 0.717) is 19.8 Å². The average molecular weight is 316 g/mol. The molecule has 0 aliphatic carbocycles. The van der Waals surface area contributed by atoms with Crippen LogP contribution in [0.5, 0.6) is 0 Å². The van der Waals surface area contributed by atoms with Gasteiger partial charge in [-0.15, -0.1) is 0 Å². The fourth-order valence-electron chi connectivity index (χ4n) is 3.43. The van der Waals surface area contributed by atoms with Crippen molar-refractivity contribution in [3.05, 3.63) is 40.0 Å². The number of nitrogens with zero attached hydrogens (tertiary/aromatic N) is 2. The first-order valence-electron chi connectivity index (χ1n) is 8.00. The number of nitrogens with one attached hydrogen (secondary N) is 2.